The van der Waals surface area contributed by atoms with Crippen LogP contribution in [0.25, 0.3) is 0 Å². The Morgan fingerprint density at radius 1 is 0.968 bits per heavy atom. The Balaban J connectivity index is 1.67. The maximum Gasteiger partial charge on any atom is 0.338 e. The van der Waals surface area contributed by atoms with Crippen molar-refractivity contribution in [1.82, 2.24) is 0 Å². The summed E-state index contributed by atoms with van der Waals surface area (Å²) >= 11 is 5.41. The number of Topliss-reactive ketones (excluding diaryl/α,β-unsaturated/α-hetero) is 1. The molecule has 0 spiro atoms. The van der Waals surface area contributed by atoms with E-state index >= 15 is 0 Å². The molecule has 3 rings (SSSR count). The third-order valence-electron chi connectivity index (χ3n) is 4.47. The van der Waals surface area contributed by atoms with Crippen LogP contribution in [0.15, 0.2) is 65.1 Å². The van der Waals surface area contributed by atoms with E-state index in [-0.39, 0.29) is 18.0 Å². The van der Waals surface area contributed by atoms with Gasteiger partial charge in [-0.1, -0.05) is 57.9 Å². The van der Waals surface area contributed by atoms with Gasteiger partial charge in [-0.25, -0.2) is 4.79 Å². The molecule has 0 fully saturated rings. The van der Waals surface area contributed by atoms with Gasteiger partial charge in [-0.05, 0) is 59.3 Å². The van der Waals surface area contributed by atoms with Crippen LogP contribution in [-0.4, -0.2) is 25.5 Å². The van der Waals surface area contributed by atoms with Gasteiger partial charge >= 0.3 is 5.97 Å². The summed E-state index contributed by atoms with van der Waals surface area (Å²) < 4.78 is 18.1. The van der Waals surface area contributed by atoms with Crippen molar-refractivity contribution < 1.29 is 23.8 Å². The number of halogens is 2. The van der Waals surface area contributed by atoms with Crippen molar-refractivity contribution in [2.45, 2.75) is 13.5 Å². The molecule has 0 N–H and O–H groups in total. The number of ether oxygens (including phenoxy) is 3. The Bertz CT molecular complexity index is 1080. The molecule has 0 saturated heterocycles. The van der Waals surface area contributed by atoms with Crippen LogP contribution in [0, 0.1) is 10.5 Å². The zero-order valence-electron chi connectivity index (χ0n) is 17.0. The average Bonchev–Trinajstić information content (AvgIpc) is 2.77. The number of ketones is 1. The second-order valence-corrected chi connectivity index (χ2v) is 8.85. The minimum Gasteiger partial charge on any atom is -0.493 e. The Morgan fingerprint density at radius 2 is 1.65 bits per heavy atom. The molecule has 0 aliphatic rings. The van der Waals surface area contributed by atoms with E-state index in [0.29, 0.717) is 27.2 Å². The Kier molecular flexibility index (Phi) is 8.09. The van der Waals surface area contributed by atoms with Crippen molar-refractivity contribution in [3.63, 3.8) is 0 Å². The van der Waals surface area contributed by atoms with Gasteiger partial charge in [-0.15, -0.1) is 0 Å². The highest BCUT2D eigenvalue weighted by Gasteiger charge is 2.18. The number of hydrogen-bond acceptors (Lipinski definition) is 5. The molecule has 5 nitrogen and oxygen atoms in total. The molecule has 0 aliphatic carbocycles. The highest BCUT2D eigenvalue weighted by atomic mass is 127. The summed E-state index contributed by atoms with van der Waals surface area (Å²) in [7, 11) is 1.51. The third-order valence-corrected chi connectivity index (χ3v) is 5.80. The first kappa shape index (κ1) is 23.3. The fraction of sp³-hybridized carbons (Fsp3) is 0.167. The van der Waals surface area contributed by atoms with Gasteiger partial charge in [0.2, 0.25) is 0 Å². The zero-order chi connectivity index (χ0) is 22.4. The van der Waals surface area contributed by atoms with Crippen LogP contribution in [0.5, 0.6) is 11.5 Å². The van der Waals surface area contributed by atoms with Crippen LogP contribution >= 0.6 is 38.5 Å². The summed E-state index contributed by atoms with van der Waals surface area (Å²) in [5.74, 6) is 0.0867. The minimum absolute atomic E-state index is 0.277. The van der Waals surface area contributed by atoms with Gasteiger partial charge in [0.1, 0.15) is 6.61 Å². The molecule has 0 atom stereocenters. The van der Waals surface area contributed by atoms with Crippen LogP contribution in [0.4, 0.5) is 0 Å². The molecule has 3 aromatic rings. The maximum absolute atomic E-state index is 12.5. The molecule has 0 bridgehead atoms. The molecule has 0 radical (unpaired) electrons. The highest BCUT2D eigenvalue weighted by Crippen LogP contribution is 2.34. The normalized spacial score (nSPS) is 10.5. The second kappa shape index (κ2) is 10.8. The number of carbonyl (C=O) groups is 2. The third kappa shape index (κ3) is 6.30. The van der Waals surface area contributed by atoms with Crippen molar-refractivity contribution in [3.8, 4) is 11.5 Å². The monoisotopic (exact) mass is 594 g/mol. The lowest BCUT2D eigenvalue weighted by Crippen LogP contribution is -2.14. The molecular weight excluding hydrogens is 575 g/mol. The molecule has 0 heterocycles. The first-order chi connectivity index (χ1) is 14.9. The molecule has 0 unspecified atom stereocenters. The number of aryl methyl sites for hydroxylation is 1. The Hall–Kier alpha value is -2.39. The minimum atomic E-state index is -0.605. The fourth-order valence-electron chi connectivity index (χ4n) is 2.75. The number of rotatable bonds is 8. The number of esters is 1. The first-order valence-electron chi connectivity index (χ1n) is 9.39. The first-order valence-corrected chi connectivity index (χ1v) is 11.3. The topological polar surface area (TPSA) is 61.8 Å². The van der Waals surface area contributed by atoms with Crippen molar-refractivity contribution in [2.24, 2.45) is 0 Å². The van der Waals surface area contributed by atoms with Gasteiger partial charge < -0.3 is 14.2 Å². The molecule has 0 amide bonds. The number of carbonyl (C=O) groups excluding carboxylic acids is 2. The van der Waals surface area contributed by atoms with Crippen LogP contribution in [0.1, 0.15) is 31.8 Å². The van der Waals surface area contributed by atoms with Crippen molar-refractivity contribution in [1.29, 1.82) is 0 Å². The van der Waals surface area contributed by atoms with E-state index in [0.717, 1.165) is 10.0 Å². The van der Waals surface area contributed by atoms with Crippen LogP contribution in [0.2, 0.25) is 0 Å². The van der Waals surface area contributed by atoms with E-state index in [1.807, 2.05) is 31.2 Å². The molecule has 3 aromatic carbocycles. The quantitative estimate of drug-likeness (QED) is 0.182. The highest BCUT2D eigenvalue weighted by molar-refractivity contribution is 14.1. The van der Waals surface area contributed by atoms with Crippen molar-refractivity contribution >= 4 is 50.3 Å². The smallest absolute Gasteiger partial charge is 0.338 e. The largest absolute Gasteiger partial charge is 0.493 e. The average molecular weight is 595 g/mol. The summed E-state index contributed by atoms with van der Waals surface area (Å²) in [6.07, 6.45) is 0. The molecule has 0 aliphatic heterocycles. The summed E-state index contributed by atoms with van der Waals surface area (Å²) in [6.45, 7) is 2.06. The van der Waals surface area contributed by atoms with Gasteiger partial charge in [0.25, 0.3) is 0 Å². The van der Waals surface area contributed by atoms with E-state index in [2.05, 4.69) is 38.5 Å². The Morgan fingerprint density at radius 3 is 2.29 bits per heavy atom. The van der Waals surface area contributed by atoms with Gasteiger partial charge in [-0.3, -0.25) is 4.79 Å². The van der Waals surface area contributed by atoms with E-state index in [9.17, 15) is 9.59 Å². The lowest BCUT2D eigenvalue weighted by atomic mass is 10.1. The summed E-state index contributed by atoms with van der Waals surface area (Å²) in [6, 6.07) is 18.1. The van der Waals surface area contributed by atoms with Crippen molar-refractivity contribution in [3.05, 3.63) is 91.0 Å². The summed E-state index contributed by atoms with van der Waals surface area (Å²) in [5.41, 5.74) is 2.96. The molecule has 0 saturated carbocycles. The van der Waals surface area contributed by atoms with Gasteiger partial charge in [0, 0.05) is 10.0 Å². The predicted octanol–water partition coefficient (Wildman–Crippen LogP) is 5.99. The van der Waals surface area contributed by atoms with Gasteiger partial charge in [0.15, 0.2) is 23.9 Å². The van der Waals surface area contributed by atoms with Gasteiger partial charge in [-0.2, -0.15) is 0 Å². The predicted molar refractivity (Wildman–Crippen MR) is 130 cm³/mol. The second-order valence-electron chi connectivity index (χ2n) is 6.77. The maximum atomic E-state index is 12.5. The zero-order valence-corrected chi connectivity index (χ0v) is 20.7. The summed E-state index contributed by atoms with van der Waals surface area (Å²) in [5, 5.41) is 0. The van der Waals surface area contributed by atoms with E-state index < -0.39 is 5.97 Å². The molecule has 0 aromatic heterocycles. The number of hydrogen-bond donors (Lipinski definition) is 0. The summed E-state index contributed by atoms with van der Waals surface area (Å²) in [4.78, 5) is 24.7. The molecule has 7 heteroatoms. The molecule has 31 heavy (non-hydrogen) atoms. The lowest BCUT2D eigenvalue weighted by molar-refractivity contribution is 0.0474. The fourth-order valence-corrected chi connectivity index (χ4v) is 3.77. The van der Waals surface area contributed by atoms with Crippen LogP contribution in [0.3, 0.4) is 0 Å². The number of benzene rings is 3. The Labute approximate surface area is 203 Å². The number of methoxy groups -OCH3 is 1. The lowest BCUT2D eigenvalue weighted by Gasteiger charge is -2.14. The van der Waals surface area contributed by atoms with E-state index in [4.69, 9.17) is 14.2 Å². The van der Waals surface area contributed by atoms with E-state index in [1.165, 1.54) is 12.7 Å². The van der Waals surface area contributed by atoms with Crippen LogP contribution < -0.4 is 9.47 Å². The van der Waals surface area contributed by atoms with Gasteiger partial charge in [0.05, 0.1) is 16.2 Å². The van der Waals surface area contributed by atoms with Crippen LogP contribution in [-0.2, 0) is 11.3 Å². The SMILES string of the molecule is COc1cc(C(=O)OCC(=O)c2ccc(Br)cc2)cc(I)c1OCc1ccc(C)cc1. The van der Waals surface area contributed by atoms with Crippen molar-refractivity contribution in [2.75, 3.05) is 13.7 Å². The standard InChI is InChI=1S/C24H20BrIO5/c1-15-3-5-16(6-4-15)13-30-23-20(26)11-18(12-22(23)29-2)24(28)31-14-21(27)17-7-9-19(25)10-8-17/h3-12H,13-14H2,1-2H3. The van der Waals surface area contributed by atoms with E-state index in [1.54, 1.807) is 36.4 Å². The molecular formula is C24H20BrIO5. The molecule has 160 valence electrons.